The molecule has 0 aliphatic rings. The Morgan fingerprint density at radius 2 is 2.23 bits per heavy atom. The highest BCUT2D eigenvalue weighted by Gasteiger charge is 2.20. The smallest absolute Gasteiger partial charge is 0.351 e. The van der Waals surface area contributed by atoms with Gasteiger partial charge in [-0.2, -0.15) is 0 Å². The van der Waals surface area contributed by atoms with Crippen molar-refractivity contribution in [3.8, 4) is 0 Å². The van der Waals surface area contributed by atoms with Gasteiger partial charge in [-0.3, -0.25) is 0 Å². The van der Waals surface area contributed by atoms with Gasteiger partial charge in [0, 0.05) is 12.4 Å². The van der Waals surface area contributed by atoms with Gasteiger partial charge >= 0.3 is 5.97 Å². The molecule has 0 aliphatic carbocycles. The molecule has 70 valence electrons. The molecule has 0 aromatic carbocycles. The summed E-state index contributed by atoms with van der Waals surface area (Å²) >= 11 is 0.613. The Morgan fingerprint density at radius 3 is 2.77 bits per heavy atom. The molecular weight excluding hydrogens is 195 g/mol. The van der Waals surface area contributed by atoms with E-state index in [1.54, 1.807) is 6.07 Å². The van der Waals surface area contributed by atoms with E-state index < -0.39 is 11.5 Å². The lowest BCUT2D eigenvalue weighted by Gasteiger charge is -2.02. The Labute approximate surface area is 78.5 Å². The average molecular weight is 202 g/mol. The second kappa shape index (κ2) is 4.76. The minimum atomic E-state index is -1.77. The average Bonchev–Trinajstić information content (AvgIpc) is 2.18. The van der Waals surface area contributed by atoms with E-state index in [1.807, 2.05) is 0 Å². The lowest BCUT2D eigenvalue weighted by atomic mass is 10.7. The van der Waals surface area contributed by atoms with Gasteiger partial charge in [-0.1, -0.05) is 0 Å². The Kier molecular flexibility index (Phi) is 3.63. The van der Waals surface area contributed by atoms with Crippen LogP contribution in [0.15, 0.2) is 23.6 Å². The topological polar surface area (TPSA) is 52.1 Å². The third-order valence-electron chi connectivity index (χ3n) is 1.14. The molecule has 1 aromatic heterocycles. The molecule has 0 saturated carbocycles. The van der Waals surface area contributed by atoms with Crippen molar-refractivity contribution >= 4 is 17.7 Å². The number of hydrogen-bond acceptors (Lipinski definition) is 5. The summed E-state index contributed by atoms with van der Waals surface area (Å²) in [5, 5.41) is 0.209. The summed E-state index contributed by atoms with van der Waals surface area (Å²) in [5.74, 6) is -0.933. The van der Waals surface area contributed by atoms with Crippen LogP contribution in [0.2, 0.25) is 0 Å². The van der Waals surface area contributed by atoms with E-state index >= 15 is 0 Å². The maximum absolute atomic E-state index is 12.9. The van der Waals surface area contributed by atoms with Crippen LogP contribution in [-0.2, 0) is 9.53 Å². The number of aromatic nitrogens is 2. The van der Waals surface area contributed by atoms with E-state index in [4.69, 9.17) is 0 Å². The molecule has 1 rings (SSSR count). The van der Waals surface area contributed by atoms with Crippen LogP contribution in [0, 0.1) is 0 Å². The third kappa shape index (κ3) is 2.98. The van der Waals surface area contributed by atoms with Crippen LogP contribution in [0.3, 0.4) is 0 Å². The van der Waals surface area contributed by atoms with E-state index in [0.29, 0.717) is 11.8 Å². The molecule has 4 nitrogen and oxygen atoms in total. The second-order valence-corrected chi connectivity index (χ2v) is 3.00. The highest BCUT2D eigenvalue weighted by atomic mass is 32.2. The van der Waals surface area contributed by atoms with Crippen molar-refractivity contribution in [3.05, 3.63) is 18.5 Å². The van der Waals surface area contributed by atoms with Crippen molar-refractivity contribution in [2.24, 2.45) is 0 Å². The summed E-state index contributed by atoms with van der Waals surface area (Å²) in [4.78, 5) is 18.1. The van der Waals surface area contributed by atoms with Gasteiger partial charge in [0.25, 0.3) is 0 Å². The molecule has 0 aliphatic heterocycles. The number of halogens is 1. The monoisotopic (exact) mass is 202 g/mol. The first kappa shape index (κ1) is 9.91. The predicted octanol–water partition coefficient (Wildman–Crippen LogP) is 1.04. The number of carbonyl (C=O) groups excluding carboxylic acids is 1. The lowest BCUT2D eigenvalue weighted by molar-refractivity contribution is -0.142. The lowest BCUT2D eigenvalue weighted by Crippen LogP contribution is -2.13. The molecule has 0 N–H and O–H groups in total. The molecule has 1 heterocycles. The van der Waals surface area contributed by atoms with Crippen molar-refractivity contribution in [2.45, 2.75) is 10.7 Å². The number of carbonyl (C=O) groups is 1. The summed E-state index contributed by atoms with van der Waals surface area (Å²) in [6.07, 6.45) is 2.94. The Bertz CT molecular complexity index is 283. The fraction of sp³-hybridized carbons (Fsp3) is 0.286. The van der Waals surface area contributed by atoms with Crippen molar-refractivity contribution in [3.63, 3.8) is 0 Å². The molecule has 0 bridgehead atoms. The standard InChI is InChI=1S/C7H7FN2O2S/c1-12-6(11)5(8)13-7-9-3-2-4-10-7/h2-5H,1H3. The zero-order valence-electron chi connectivity index (χ0n) is 6.81. The highest BCUT2D eigenvalue weighted by molar-refractivity contribution is 8.00. The molecule has 13 heavy (non-hydrogen) atoms. The molecule has 0 amide bonds. The minimum absolute atomic E-state index is 0.209. The maximum atomic E-state index is 12.9. The number of esters is 1. The normalized spacial score (nSPS) is 12.2. The summed E-state index contributed by atoms with van der Waals surface area (Å²) in [6.45, 7) is 0. The largest absolute Gasteiger partial charge is 0.466 e. The summed E-state index contributed by atoms with van der Waals surface area (Å²) < 4.78 is 17.1. The Balaban J connectivity index is 2.55. The van der Waals surface area contributed by atoms with Crippen LogP contribution < -0.4 is 0 Å². The molecule has 0 saturated heterocycles. The predicted molar refractivity (Wildman–Crippen MR) is 44.8 cm³/mol. The van der Waals surface area contributed by atoms with Gasteiger partial charge in [-0.15, -0.1) is 0 Å². The fourth-order valence-electron chi connectivity index (χ4n) is 0.580. The zero-order chi connectivity index (χ0) is 9.68. The van der Waals surface area contributed by atoms with E-state index in [1.165, 1.54) is 12.4 Å². The van der Waals surface area contributed by atoms with Crippen LogP contribution in [0.4, 0.5) is 4.39 Å². The molecule has 0 fully saturated rings. The van der Waals surface area contributed by atoms with Crippen molar-refractivity contribution in [2.75, 3.05) is 7.11 Å². The maximum Gasteiger partial charge on any atom is 0.351 e. The third-order valence-corrected chi connectivity index (χ3v) is 1.96. The van der Waals surface area contributed by atoms with Gasteiger partial charge in [0.05, 0.1) is 7.11 Å². The van der Waals surface area contributed by atoms with Crippen LogP contribution in [0.25, 0.3) is 0 Å². The first-order valence-corrected chi connectivity index (χ1v) is 4.27. The molecular formula is C7H7FN2O2S. The molecule has 0 radical (unpaired) electrons. The fourth-order valence-corrected chi connectivity index (χ4v) is 1.20. The van der Waals surface area contributed by atoms with Gasteiger partial charge in [0.15, 0.2) is 5.16 Å². The molecule has 6 heteroatoms. The van der Waals surface area contributed by atoms with Crippen LogP contribution >= 0.6 is 11.8 Å². The van der Waals surface area contributed by atoms with E-state index in [9.17, 15) is 9.18 Å². The van der Waals surface area contributed by atoms with E-state index in [-0.39, 0.29) is 5.16 Å². The van der Waals surface area contributed by atoms with Crippen LogP contribution in [0.5, 0.6) is 0 Å². The first-order valence-electron chi connectivity index (χ1n) is 3.39. The van der Waals surface area contributed by atoms with Gasteiger partial charge in [0.1, 0.15) is 0 Å². The van der Waals surface area contributed by atoms with Crippen molar-refractivity contribution in [1.29, 1.82) is 0 Å². The number of nitrogens with zero attached hydrogens (tertiary/aromatic N) is 2. The highest BCUT2D eigenvalue weighted by Crippen LogP contribution is 2.20. The SMILES string of the molecule is COC(=O)C(F)Sc1ncccn1. The number of methoxy groups -OCH3 is 1. The van der Waals surface area contributed by atoms with Gasteiger partial charge in [-0.25, -0.2) is 19.2 Å². The number of rotatable bonds is 3. The summed E-state index contributed by atoms with van der Waals surface area (Å²) in [5.41, 5.74) is -1.77. The molecule has 1 aromatic rings. The Morgan fingerprint density at radius 1 is 1.62 bits per heavy atom. The van der Waals surface area contributed by atoms with Gasteiger partial charge in [-0.05, 0) is 17.8 Å². The van der Waals surface area contributed by atoms with Crippen molar-refractivity contribution in [1.82, 2.24) is 9.97 Å². The molecule has 1 atom stereocenters. The Hall–Kier alpha value is -1.17. The van der Waals surface area contributed by atoms with E-state index in [0.717, 1.165) is 7.11 Å². The van der Waals surface area contributed by atoms with Crippen LogP contribution in [0.1, 0.15) is 0 Å². The molecule has 0 spiro atoms. The zero-order valence-corrected chi connectivity index (χ0v) is 7.62. The summed E-state index contributed by atoms with van der Waals surface area (Å²) in [6, 6.07) is 1.61. The van der Waals surface area contributed by atoms with Gasteiger partial charge < -0.3 is 4.74 Å². The minimum Gasteiger partial charge on any atom is -0.466 e. The van der Waals surface area contributed by atoms with E-state index in [2.05, 4.69) is 14.7 Å². The van der Waals surface area contributed by atoms with Crippen LogP contribution in [-0.4, -0.2) is 28.6 Å². The molecule has 1 unspecified atom stereocenters. The first-order chi connectivity index (χ1) is 6.24. The van der Waals surface area contributed by atoms with Gasteiger partial charge in [0.2, 0.25) is 5.50 Å². The number of alkyl halides is 1. The summed E-state index contributed by atoms with van der Waals surface area (Å²) in [7, 11) is 1.13. The second-order valence-electron chi connectivity index (χ2n) is 1.99. The number of thioether (sulfide) groups is 1. The quantitative estimate of drug-likeness (QED) is 0.416. The number of ether oxygens (including phenoxy) is 1. The number of hydrogen-bond donors (Lipinski definition) is 0. The van der Waals surface area contributed by atoms with Crippen molar-refractivity contribution < 1.29 is 13.9 Å².